The number of nitrogens with one attached hydrogen (secondary N) is 1. The van der Waals surface area contributed by atoms with Crippen molar-refractivity contribution in [2.45, 2.75) is 26.5 Å². The zero-order valence-corrected chi connectivity index (χ0v) is 15.8. The number of amides is 1. The fraction of sp³-hybridized carbons (Fsp3) is 0.238. The lowest BCUT2D eigenvalue weighted by Gasteiger charge is -2.06. The first-order valence-corrected chi connectivity index (χ1v) is 9.37. The van der Waals surface area contributed by atoms with Gasteiger partial charge in [-0.25, -0.2) is 4.98 Å². The van der Waals surface area contributed by atoms with E-state index in [1.165, 1.54) is 5.56 Å². The van der Waals surface area contributed by atoms with Crippen LogP contribution in [0.25, 0.3) is 10.6 Å². The number of ether oxygens (including phenoxy) is 1. The molecule has 2 aromatic carbocycles. The van der Waals surface area contributed by atoms with E-state index in [0.717, 1.165) is 27.4 Å². The number of carbonyl (C=O) groups is 1. The standard InChI is InChI=1S/C21H22N2O2S/c1-15-6-8-18(9-7-15)21-23-19(14-26-21)11-20(24)22-12-16-4-3-5-17(10-16)13-25-2/h3-10,14H,11-13H2,1-2H3,(H,22,24). The first-order chi connectivity index (χ1) is 12.6. The highest BCUT2D eigenvalue weighted by Crippen LogP contribution is 2.24. The topological polar surface area (TPSA) is 51.2 Å². The zero-order chi connectivity index (χ0) is 18.4. The number of rotatable bonds is 7. The van der Waals surface area contributed by atoms with Crippen molar-refractivity contribution in [1.29, 1.82) is 0 Å². The second-order valence-electron chi connectivity index (χ2n) is 6.22. The van der Waals surface area contributed by atoms with E-state index in [1.807, 2.05) is 29.6 Å². The lowest BCUT2D eigenvalue weighted by atomic mass is 10.1. The Hall–Kier alpha value is -2.50. The highest BCUT2D eigenvalue weighted by atomic mass is 32.1. The second-order valence-corrected chi connectivity index (χ2v) is 7.07. The summed E-state index contributed by atoms with van der Waals surface area (Å²) in [6, 6.07) is 16.3. The number of aryl methyl sites for hydroxylation is 1. The average Bonchev–Trinajstić information content (AvgIpc) is 3.10. The van der Waals surface area contributed by atoms with E-state index in [2.05, 4.69) is 41.5 Å². The Kier molecular flexibility index (Phi) is 6.15. The lowest BCUT2D eigenvalue weighted by molar-refractivity contribution is -0.120. The van der Waals surface area contributed by atoms with Crippen molar-refractivity contribution in [2.24, 2.45) is 0 Å². The van der Waals surface area contributed by atoms with Gasteiger partial charge in [0.25, 0.3) is 0 Å². The summed E-state index contributed by atoms with van der Waals surface area (Å²) in [6.45, 7) is 3.14. The highest BCUT2D eigenvalue weighted by Gasteiger charge is 2.09. The summed E-state index contributed by atoms with van der Waals surface area (Å²) < 4.78 is 5.14. The molecule has 0 saturated heterocycles. The van der Waals surface area contributed by atoms with Crippen LogP contribution in [0.4, 0.5) is 0 Å². The molecule has 134 valence electrons. The lowest BCUT2D eigenvalue weighted by Crippen LogP contribution is -2.24. The van der Waals surface area contributed by atoms with Crippen molar-refractivity contribution in [3.63, 3.8) is 0 Å². The fourth-order valence-corrected chi connectivity index (χ4v) is 3.47. The van der Waals surface area contributed by atoms with Gasteiger partial charge in [-0.2, -0.15) is 0 Å². The van der Waals surface area contributed by atoms with Gasteiger partial charge in [-0.3, -0.25) is 4.79 Å². The highest BCUT2D eigenvalue weighted by molar-refractivity contribution is 7.13. The van der Waals surface area contributed by atoms with E-state index >= 15 is 0 Å². The summed E-state index contributed by atoms with van der Waals surface area (Å²) in [7, 11) is 1.67. The molecule has 4 nitrogen and oxygen atoms in total. The van der Waals surface area contributed by atoms with E-state index in [9.17, 15) is 4.79 Å². The maximum Gasteiger partial charge on any atom is 0.226 e. The molecule has 3 rings (SSSR count). The molecule has 0 atom stereocenters. The normalized spacial score (nSPS) is 10.7. The largest absolute Gasteiger partial charge is 0.380 e. The summed E-state index contributed by atoms with van der Waals surface area (Å²) >= 11 is 1.57. The van der Waals surface area contributed by atoms with E-state index in [1.54, 1.807) is 18.4 Å². The van der Waals surface area contributed by atoms with Gasteiger partial charge < -0.3 is 10.1 Å². The van der Waals surface area contributed by atoms with E-state index in [0.29, 0.717) is 19.6 Å². The predicted octanol–water partition coefficient (Wildman–Crippen LogP) is 4.12. The molecule has 0 aliphatic carbocycles. The van der Waals surface area contributed by atoms with Crippen molar-refractivity contribution in [2.75, 3.05) is 7.11 Å². The quantitative estimate of drug-likeness (QED) is 0.684. The van der Waals surface area contributed by atoms with Gasteiger partial charge in [0.05, 0.1) is 18.7 Å². The molecule has 0 radical (unpaired) electrons. The van der Waals surface area contributed by atoms with Gasteiger partial charge in [0.1, 0.15) is 5.01 Å². The van der Waals surface area contributed by atoms with Gasteiger partial charge in [0.2, 0.25) is 5.91 Å². The van der Waals surface area contributed by atoms with Crippen molar-refractivity contribution < 1.29 is 9.53 Å². The summed E-state index contributed by atoms with van der Waals surface area (Å²) in [6.07, 6.45) is 0.292. The molecule has 0 aliphatic rings. The molecule has 1 aromatic heterocycles. The van der Waals surface area contributed by atoms with E-state index in [-0.39, 0.29) is 5.91 Å². The minimum atomic E-state index is -0.0251. The summed E-state index contributed by atoms with van der Waals surface area (Å²) in [5, 5.41) is 5.86. The minimum Gasteiger partial charge on any atom is -0.380 e. The minimum absolute atomic E-state index is 0.0251. The van der Waals surface area contributed by atoms with Crippen LogP contribution in [0.5, 0.6) is 0 Å². The predicted molar refractivity (Wildman–Crippen MR) is 105 cm³/mol. The summed E-state index contributed by atoms with van der Waals surface area (Å²) in [5.74, 6) is -0.0251. The van der Waals surface area contributed by atoms with Crippen LogP contribution in [-0.2, 0) is 29.1 Å². The third kappa shape index (κ3) is 5.00. The number of nitrogens with zero attached hydrogens (tertiary/aromatic N) is 1. The van der Waals surface area contributed by atoms with E-state index in [4.69, 9.17) is 4.74 Å². The van der Waals surface area contributed by atoms with Gasteiger partial charge in [-0.1, -0.05) is 54.1 Å². The molecule has 3 aromatic rings. The molecule has 5 heteroatoms. The molecule has 26 heavy (non-hydrogen) atoms. The third-order valence-corrected chi connectivity index (χ3v) is 4.92. The Morgan fingerprint density at radius 3 is 2.69 bits per heavy atom. The molecule has 0 unspecified atom stereocenters. The number of aromatic nitrogens is 1. The van der Waals surface area contributed by atoms with Crippen molar-refractivity contribution >= 4 is 17.2 Å². The van der Waals surface area contributed by atoms with Crippen LogP contribution in [0.2, 0.25) is 0 Å². The molecule has 0 bridgehead atoms. The molecule has 0 spiro atoms. The smallest absolute Gasteiger partial charge is 0.226 e. The zero-order valence-electron chi connectivity index (χ0n) is 15.0. The number of benzene rings is 2. The monoisotopic (exact) mass is 366 g/mol. The SMILES string of the molecule is COCc1cccc(CNC(=O)Cc2csc(-c3ccc(C)cc3)n2)c1. The Balaban J connectivity index is 1.55. The van der Waals surface area contributed by atoms with Crippen molar-refractivity contribution in [1.82, 2.24) is 10.3 Å². The van der Waals surface area contributed by atoms with Gasteiger partial charge in [0, 0.05) is 24.6 Å². The third-order valence-electron chi connectivity index (χ3n) is 3.98. The number of thiazole rings is 1. The van der Waals surface area contributed by atoms with Crippen LogP contribution in [-0.4, -0.2) is 18.0 Å². The number of hydrogen-bond donors (Lipinski definition) is 1. The molecule has 0 saturated carbocycles. The van der Waals surface area contributed by atoms with Crippen LogP contribution >= 0.6 is 11.3 Å². The van der Waals surface area contributed by atoms with E-state index < -0.39 is 0 Å². The Labute approximate surface area is 157 Å². The number of hydrogen-bond acceptors (Lipinski definition) is 4. The summed E-state index contributed by atoms with van der Waals surface area (Å²) in [5.41, 5.74) is 5.27. The number of methoxy groups -OCH3 is 1. The molecule has 0 fully saturated rings. The fourth-order valence-electron chi connectivity index (χ4n) is 2.64. The van der Waals surface area contributed by atoms with Crippen LogP contribution in [0.1, 0.15) is 22.4 Å². The molecule has 1 heterocycles. The maximum absolute atomic E-state index is 12.2. The average molecular weight is 366 g/mol. The van der Waals surface area contributed by atoms with Crippen molar-refractivity contribution in [3.05, 3.63) is 76.3 Å². The van der Waals surface area contributed by atoms with Gasteiger partial charge >= 0.3 is 0 Å². The first kappa shape index (κ1) is 18.3. The van der Waals surface area contributed by atoms with Crippen LogP contribution < -0.4 is 5.32 Å². The van der Waals surface area contributed by atoms with Crippen LogP contribution in [0.3, 0.4) is 0 Å². The van der Waals surface area contributed by atoms with Gasteiger partial charge in [-0.15, -0.1) is 11.3 Å². The van der Waals surface area contributed by atoms with Crippen molar-refractivity contribution in [3.8, 4) is 10.6 Å². The molecular weight excluding hydrogens is 344 g/mol. The summed E-state index contributed by atoms with van der Waals surface area (Å²) in [4.78, 5) is 16.8. The first-order valence-electron chi connectivity index (χ1n) is 8.49. The maximum atomic E-state index is 12.2. The molecule has 1 N–H and O–H groups in total. The number of carbonyl (C=O) groups excluding carboxylic acids is 1. The van der Waals surface area contributed by atoms with Gasteiger partial charge in [0.15, 0.2) is 0 Å². The molecule has 1 amide bonds. The Morgan fingerprint density at radius 1 is 1.15 bits per heavy atom. The van der Waals surface area contributed by atoms with Gasteiger partial charge in [-0.05, 0) is 18.1 Å². The second kappa shape index (κ2) is 8.74. The van der Waals surface area contributed by atoms with Crippen LogP contribution in [0, 0.1) is 6.92 Å². The Bertz CT molecular complexity index is 872. The molecular formula is C21H22N2O2S. The van der Waals surface area contributed by atoms with Crippen LogP contribution in [0.15, 0.2) is 53.9 Å². The molecule has 0 aliphatic heterocycles. The Morgan fingerprint density at radius 2 is 1.92 bits per heavy atom.